The number of para-hydroxylation sites is 1. The van der Waals surface area contributed by atoms with E-state index in [1.807, 2.05) is 49.9 Å². The van der Waals surface area contributed by atoms with Gasteiger partial charge in [0, 0.05) is 47.8 Å². The van der Waals surface area contributed by atoms with Gasteiger partial charge in [0.05, 0.1) is 6.10 Å². The normalized spacial score (nSPS) is 18.5. The highest BCUT2D eigenvalue weighted by atomic mass is 35.5. The molecule has 2 aliphatic rings. The molecule has 0 aliphatic carbocycles. The number of likely N-dealkylation sites (tertiary alicyclic amines) is 2. The van der Waals surface area contributed by atoms with Crippen LogP contribution < -0.4 is 0 Å². The molecule has 2 aromatic carbocycles. The van der Waals surface area contributed by atoms with Gasteiger partial charge in [-0.05, 0) is 92.4 Å². The zero-order chi connectivity index (χ0) is 27.1. The van der Waals surface area contributed by atoms with Crippen LogP contribution in [-0.2, 0) is 4.79 Å². The average molecular weight is 536 g/mol. The van der Waals surface area contributed by atoms with E-state index in [0.29, 0.717) is 24.0 Å². The summed E-state index contributed by atoms with van der Waals surface area (Å²) in [5, 5.41) is 13.0. The summed E-state index contributed by atoms with van der Waals surface area (Å²) >= 11 is 6.19. The van der Waals surface area contributed by atoms with E-state index in [0.717, 1.165) is 56.4 Å². The Balaban J connectivity index is 0.00000164. The molecule has 0 bridgehead atoms. The van der Waals surface area contributed by atoms with Crippen LogP contribution in [0.15, 0.2) is 54.7 Å². The minimum absolute atomic E-state index is 0.0268. The average Bonchev–Trinajstić information content (AvgIpc) is 3.39. The van der Waals surface area contributed by atoms with Crippen LogP contribution in [0.1, 0.15) is 62.1 Å². The van der Waals surface area contributed by atoms with E-state index >= 15 is 0 Å². The third kappa shape index (κ3) is 6.88. The SMILES string of the molecule is CC.Cc1ccc(/C=C/C(=O)N2CCC(C(O)CN3CCC(c4c[nH]c5ccccc45)CC3)CC2)cc1Cl. The van der Waals surface area contributed by atoms with Gasteiger partial charge in [0.1, 0.15) is 0 Å². The molecule has 5 nitrogen and oxygen atoms in total. The number of carbonyl (C=O) groups is 1. The quantitative estimate of drug-likeness (QED) is 0.347. The Morgan fingerprint density at radius 1 is 1.08 bits per heavy atom. The fourth-order valence-corrected chi connectivity index (χ4v) is 5.95. The van der Waals surface area contributed by atoms with Crippen LogP contribution in [0.4, 0.5) is 0 Å². The van der Waals surface area contributed by atoms with E-state index < -0.39 is 0 Å². The number of carbonyl (C=O) groups excluding carboxylic acids is 1. The monoisotopic (exact) mass is 535 g/mol. The van der Waals surface area contributed by atoms with Crippen molar-refractivity contribution in [1.29, 1.82) is 0 Å². The molecule has 1 aromatic heterocycles. The van der Waals surface area contributed by atoms with E-state index in [4.69, 9.17) is 11.6 Å². The molecule has 2 saturated heterocycles. The lowest BCUT2D eigenvalue weighted by atomic mass is 9.87. The van der Waals surface area contributed by atoms with Gasteiger partial charge in [-0.2, -0.15) is 0 Å². The molecule has 204 valence electrons. The minimum Gasteiger partial charge on any atom is -0.392 e. The van der Waals surface area contributed by atoms with Crippen molar-refractivity contribution in [2.24, 2.45) is 5.92 Å². The largest absolute Gasteiger partial charge is 0.392 e. The molecule has 0 radical (unpaired) electrons. The molecule has 2 aliphatic heterocycles. The number of fused-ring (bicyclic) bond motifs is 1. The number of halogens is 1. The van der Waals surface area contributed by atoms with Crippen LogP contribution in [0.3, 0.4) is 0 Å². The van der Waals surface area contributed by atoms with Gasteiger partial charge in [-0.15, -0.1) is 0 Å². The number of aliphatic hydroxyl groups is 1. The zero-order valence-electron chi connectivity index (χ0n) is 23.0. The van der Waals surface area contributed by atoms with Gasteiger partial charge in [-0.25, -0.2) is 0 Å². The summed E-state index contributed by atoms with van der Waals surface area (Å²) in [6, 6.07) is 14.3. The van der Waals surface area contributed by atoms with E-state index in [-0.39, 0.29) is 17.9 Å². The third-order valence-electron chi connectivity index (χ3n) is 8.10. The molecular weight excluding hydrogens is 494 g/mol. The Hall–Kier alpha value is -2.60. The number of benzene rings is 2. The Morgan fingerprint density at radius 2 is 1.79 bits per heavy atom. The number of amides is 1. The van der Waals surface area contributed by atoms with Gasteiger partial charge < -0.3 is 19.9 Å². The Morgan fingerprint density at radius 3 is 2.50 bits per heavy atom. The second-order valence-electron chi connectivity index (χ2n) is 10.4. The summed E-state index contributed by atoms with van der Waals surface area (Å²) in [5.74, 6) is 0.854. The smallest absolute Gasteiger partial charge is 0.246 e. The van der Waals surface area contributed by atoms with E-state index in [9.17, 15) is 9.90 Å². The second kappa shape index (κ2) is 13.5. The van der Waals surface area contributed by atoms with Gasteiger partial charge in [-0.1, -0.05) is 55.8 Å². The fourth-order valence-electron chi connectivity index (χ4n) is 5.76. The number of aromatic nitrogens is 1. The van der Waals surface area contributed by atoms with Crippen molar-refractivity contribution in [3.63, 3.8) is 0 Å². The van der Waals surface area contributed by atoms with E-state index in [1.165, 1.54) is 16.5 Å². The number of hydrogen-bond acceptors (Lipinski definition) is 3. The van der Waals surface area contributed by atoms with Crippen LogP contribution in [0.5, 0.6) is 0 Å². The van der Waals surface area contributed by atoms with Crippen molar-refractivity contribution in [3.8, 4) is 0 Å². The van der Waals surface area contributed by atoms with Crippen LogP contribution in [0, 0.1) is 12.8 Å². The number of nitrogens with zero attached hydrogens (tertiary/aromatic N) is 2. The maximum Gasteiger partial charge on any atom is 0.246 e. The second-order valence-corrected chi connectivity index (χ2v) is 10.8. The number of aliphatic hydroxyl groups excluding tert-OH is 1. The Labute approximate surface area is 232 Å². The highest BCUT2D eigenvalue weighted by molar-refractivity contribution is 6.31. The van der Waals surface area contributed by atoms with Crippen LogP contribution in [0.2, 0.25) is 5.02 Å². The molecule has 3 aromatic rings. The Bertz CT molecular complexity index is 1220. The molecule has 38 heavy (non-hydrogen) atoms. The van der Waals surface area contributed by atoms with Crippen molar-refractivity contribution in [2.45, 2.75) is 58.5 Å². The van der Waals surface area contributed by atoms with E-state index in [2.05, 4.69) is 40.3 Å². The third-order valence-corrected chi connectivity index (χ3v) is 8.51. The summed E-state index contributed by atoms with van der Waals surface area (Å²) in [6.07, 6.45) is 9.26. The molecular formula is C32H42ClN3O2. The number of rotatable bonds is 6. The standard InChI is InChI=1S/C30H36ClN3O2.C2H6/c1-21-6-7-22(18-27(21)31)8-9-30(36)34-16-12-24(13-17-34)29(35)20-33-14-10-23(11-15-33)26-19-32-28-5-3-2-4-25(26)28;1-2/h2-9,18-19,23-24,29,32,35H,10-17,20H2,1H3;1-2H3/b9-8+;. The highest BCUT2D eigenvalue weighted by Gasteiger charge is 2.30. The number of aryl methyl sites for hydroxylation is 1. The van der Waals surface area contributed by atoms with Gasteiger partial charge in [0.2, 0.25) is 5.91 Å². The Kier molecular flexibility index (Phi) is 10.1. The van der Waals surface area contributed by atoms with Crippen LogP contribution >= 0.6 is 11.6 Å². The van der Waals surface area contributed by atoms with Gasteiger partial charge in [0.25, 0.3) is 0 Å². The lowest BCUT2D eigenvalue weighted by molar-refractivity contribution is -0.128. The van der Waals surface area contributed by atoms with Crippen molar-refractivity contribution >= 4 is 34.5 Å². The molecule has 5 rings (SSSR count). The van der Waals surface area contributed by atoms with Crippen molar-refractivity contribution in [3.05, 3.63) is 76.5 Å². The lowest BCUT2D eigenvalue weighted by Crippen LogP contribution is -2.45. The topological polar surface area (TPSA) is 59.6 Å². The number of aromatic amines is 1. The summed E-state index contributed by atoms with van der Waals surface area (Å²) in [7, 11) is 0. The van der Waals surface area contributed by atoms with Crippen LogP contribution in [0.25, 0.3) is 17.0 Å². The first-order chi connectivity index (χ1) is 18.5. The maximum absolute atomic E-state index is 12.7. The molecule has 1 atom stereocenters. The molecule has 0 saturated carbocycles. The number of piperidine rings is 2. The number of hydrogen-bond donors (Lipinski definition) is 2. The number of β-amino-alcohol motifs (C(OH)–C–C–N with tert-alkyl or cyclic N) is 1. The number of nitrogens with one attached hydrogen (secondary N) is 1. The molecule has 6 heteroatoms. The molecule has 2 fully saturated rings. The maximum atomic E-state index is 12.7. The van der Waals surface area contributed by atoms with Crippen molar-refractivity contribution < 1.29 is 9.90 Å². The predicted octanol–water partition coefficient (Wildman–Crippen LogP) is 6.65. The molecule has 3 heterocycles. The van der Waals surface area contributed by atoms with Crippen LogP contribution in [-0.4, -0.2) is 64.6 Å². The van der Waals surface area contributed by atoms with Gasteiger partial charge >= 0.3 is 0 Å². The molecule has 2 N–H and O–H groups in total. The van der Waals surface area contributed by atoms with Crippen molar-refractivity contribution in [1.82, 2.24) is 14.8 Å². The first-order valence-corrected chi connectivity index (χ1v) is 14.6. The highest BCUT2D eigenvalue weighted by Crippen LogP contribution is 2.33. The zero-order valence-corrected chi connectivity index (χ0v) is 23.8. The first kappa shape index (κ1) is 28.4. The molecule has 0 spiro atoms. The predicted molar refractivity (Wildman–Crippen MR) is 159 cm³/mol. The summed E-state index contributed by atoms with van der Waals surface area (Å²) in [4.78, 5) is 20.4. The molecule has 1 amide bonds. The molecule has 1 unspecified atom stereocenters. The summed E-state index contributed by atoms with van der Waals surface area (Å²) < 4.78 is 0. The fraction of sp³-hybridized carbons (Fsp3) is 0.469. The summed E-state index contributed by atoms with van der Waals surface area (Å²) in [5.41, 5.74) is 4.60. The minimum atomic E-state index is -0.336. The van der Waals surface area contributed by atoms with Crippen molar-refractivity contribution in [2.75, 3.05) is 32.7 Å². The summed E-state index contributed by atoms with van der Waals surface area (Å²) in [6.45, 7) is 10.1. The van der Waals surface area contributed by atoms with Gasteiger partial charge in [0.15, 0.2) is 0 Å². The number of H-pyrrole nitrogens is 1. The lowest BCUT2D eigenvalue weighted by Gasteiger charge is -2.37. The van der Waals surface area contributed by atoms with Gasteiger partial charge in [-0.3, -0.25) is 4.79 Å². The van der Waals surface area contributed by atoms with E-state index in [1.54, 1.807) is 6.08 Å². The first-order valence-electron chi connectivity index (χ1n) is 14.2.